The van der Waals surface area contributed by atoms with E-state index in [0.29, 0.717) is 12.4 Å². The molecule has 1 atom stereocenters. The fourth-order valence-corrected chi connectivity index (χ4v) is 4.40. The lowest BCUT2D eigenvalue weighted by Crippen LogP contribution is -2.35. The zero-order chi connectivity index (χ0) is 13.9. The third-order valence-corrected chi connectivity index (χ3v) is 5.61. The molecular weight excluding hydrogens is 289 g/mol. The van der Waals surface area contributed by atoms with E-state index in [1.165, 1.54) is 22.5 Å². The van der Waals surface area contributed by atoms with E-state index in [1.807, 2.05) is 0 Å². The van der Waals surface area contributed by atoms with Crippen LogP contribution in [-0.4, -0.2) is 31.2 Å². The van der Waals surface area contributed by atoms with Crippen LogP contribution in [0.5, 0.6) is 0 Å². The van der Waals surface area contributed by atoms with Crippen LogP contribution in [0.25, 0.3) is 0 Å². The van der Waals surface area contributed by atoms with E-state index in [0.717, 1.165) is 31.7 Å². The summed E-state index contributed by atoms with van der Waals surface area (Å²) in [6, 6.07) is 5.17. The monoisotopic (exact) mass is 305 g/mol. The highest BCUT2D eigenvalue weighted by molar-refractivity contribution is 7.89. The minimum atomic E-state index is -3.59. The SMILES string of the molecule is O=S(=O)(c1cccc(F)c1)N1CCCC1CCCCl. The lowest BCUT2D eigenvalue weighted by atomic mass is 10.1. The molecule has 0 saturated carbocycles. The van der Waals surface area contributed by atoms with E-state index in [1.54, 1.807) is 0 Å². The maximum atomic E-state index is 13.2. The molecule has 1 fully saturated rings. The fourth-order valence-electron chi connectivity index (χ4n) is 2.49. The predicted octanol–water partition coefficient (Wildman–Crippen LogP) is 3.00. The molecule has 1 unspecified atom stereocenters. The van der Waals surface area contributed by atoms with Gasteiger partial charge in [-0.15, -0.1) is 11.6 Å². The first-order valence-corrected chi connectivity index (χ1v) is 8.36. The Bertz CT molecular complexity index is 535. The van der Waals surface area contributed by atoms with E-state index in [9.17, 15) is 12.8 Å². The van der Waals surface area contributed by atoms with Gasteiger partial charge in [-0.05, 0) is 43.9 Å². The minimum Gasteiger partial charge on any atom is -0.207 e. The zero-order valence-electron chi connectivity index (χ0n) is 10.6. The predicted molar refractivity (Wildman–Crippen MR) is 73.3 cm³/mol. The second-order valence-corrected chi connectivity index (χ2v) is 6.97. The number of halogens is 2. The highest BCUT2D eigenvalue weighted by atomic mass is 35.5. The van der Waals surface area contributed by atoms with Crippen molar-refractivity contribution in [2.45, 2.75) is 36.6 Å². The average Bonchev–Trinajstić information content (AvgIpc) is 2.85. The van der Waals surface area contributed by atoms with Crippen LogP contribution in [0.1, 0.15) is 25.7 Å². The van der Waals surface area contributed by atoms with Crippen LogP contribution in [0.4, 0.5) is 4.39 Å². The molecule has 6 heteroatoms. The fraction of sp³-hybridized carbons (Fsp3) is 0.538. The second kappa shape index (κ2) is 6.20. The van der Waals surface area contributed by atoms with E-state index in [2.05, 4.69) is 0 Å². The van der Waals surface area contributed by atoms with Gasteiger partial charge in [0.05, 0.1) is 4.90 Å². The number of benzene rings is 1. The van der Waals surface area contributed by atoms with Gasteiger partial charge in [0, 0.05) is 18.5 Å². The Morgan fingerprint density at radius 2 is 2.21 bits per heavy atom. The van der Waals surface area contributed by atoms with Crippen LogP contribution >= 0.6 is 11.6 Å². The van der Waals surface area contributed by atoms with Gasteiger partial charge < -0.3 is 0 Å². The Morgan fingerprint density at radius 1 is 1.42 bits per heavy atom. The van der Waals surface area contributed by atoms with E-state index in [-0.39, 0.29) is 10.9 Å². The molecule has 0 bridgehead atoms. The Kier molecular flexibility index (Phi) is 4.81. The van der Waals surface area contributed by atoms with Crippen molar-refractivity contribution in [1.29, 1.82) is 0 Å². The molecule has 0 aromatic heterocycles. The van der Waals surface area contributed by atoms with Crippen LogP contribution in [0, 0.1) is 5.82 Å². The number of sulfonamides is 1. The van der Waals surface area contributed by atoms with Crippen LogP contribution in [-0.2, 0) is 10.0 Å². The molecule has 1 aromatic carbocycles. The van der Waals surface area contributed by atoms with Gasteiger partial charge in [-0.25, -0.2) is 12.8 Å². The van der Waals surface area contributed by atoms with Crippen molar-refractivity contribution in [2.24, 2.45) is 0 Å². The Morgan fingerprint density at radius 3 is 2.89 bits per heavy atom. The first kappa shape index (κ1) is 14.8. The topological polar surface area (TPSA) is 37.4 Å². The number of hydrogen-bond acceptors (Lipinski definition) is 2. The lowest BCUT2D eigenvalue weighted by Gasteiger charge is -2.23. The van der Waals surface area contributed by atoms with Gasteiger partial charge in [0.1, 0.15) is 5.82 Å². The van der Waals surface area contributed by atoms with Gasteiger partial charge in [-0.2, -0.15) is 4.31 Å². The molecule has 1 aromatic rings. The molecular formula is C13H17ClFNO2S. The Labute approximate surface area is 118 Å². The standard InChI is InChI=1S/C13H17ClFNO2S/c14-8-2-5-12-6-3-9-16(12)19(17,18)13-7-1-4-11(15)10-13/h1,4,7,10,12H,2-3,5-6,8-9H2. The van der Waals surface area contributed by atoms with Crippen molar-refractivity contribution in [3.63, 3.8) is 0 Å². The number of rotatable bonds is 5. The average molecular weight is 306 g/mol. The van der Waals surface area contributed by atoms with E-state index in [4.69, 9.17) is 11.6 Å². The molecule has 0 radical (unpaired) electrons. The quantitative estimate of drug-likeness (QED) is 0.784. The molecule has 0 spiro atoms. The van der Waals surface area contributed by atoms with Gasteiger partial charge in [0.2, 0.25) is 10.0 Å². The molecule has 106 valence electrons. The summed E-state index contributed by atoms with van der Waals surface area (Å²) < 4.78 is 39.7. The zero-order valence-corrected chi connectivity index (χ0v) is 12.1. The third kappa shape index (κ3) is 3.27. The summed E-state index contributed by atoms with van der Waals surface area (Å²) in [5.74, 6) is 0.00208. The number of nitrogens with zero attached hydrogens (tertiary/aromatic N) is 1. The smallest absolute Gasteiger partial charge is 0.207 e. The van der Waals surface area contributed by atoms with Crippen molar-refractivity contribution in [3.05, 3.63) is 30.1 Å². The van der Waals surface area contributed by atoms with Crippen molar-refractivity contribution >= 4 is 21.6 Å². The first-order valence-electron chi connectivity index (χ1n) is 6.39. The van der Waals surface area contributed by atoms with Gasteiger partial charge in [0.25, 0.3) is 0 Å². The highest BCUT2D eigenvalue weighted by Crippen LogP contribution is 2.28. The van der Waals surface area contributed by atoms with Gasteiger partial charge in [-0.3, -0.25) is 0 Å². The first-order chi connectivity index (χ1) is 9.05. The van der Waals surface area contributed by atoms with Crippen LogP contribution < -0.4 is 0 Å². The van der Waals surface area contributed by atoms with E-state index >= 15 is 0 Å². The summed E-state index contributed by atoms with van der Waals surface area (Å²) >= 11 is 5.66. The van der Waals surface area contributed by atoms with Crippen molar-refractivity contribution in [1.82, 2.24) is 4.31 Å². The molecule has 1 heterocycles. The van der Waals surface area contributed by atoms with Gasteiger partial charge in [-0.1, -0.05) is 6.07 Å². The molecule has 0 aliphatic carbocycles. The molecule has 1 aliphatic heterocycles. The summed E-state index contributed by atoms with van der Waals surface area (Å²) in [7, 11) is -3.59. The molecule has 3 nitrogen and oxygen atoms in total. The lowest BCUT2D eigenvalue weighted by molar-refractivity contribution is 0.368. The largest absolute Gasteiger partial charge is 0.243 e. The van der Waals surface area contributed by atoms with Crippen LogP contribution in [0.15, 0.2) is 29.2 Å². The Balaban J connectivity index is 2.23. The maximum Gasteiger partial charge on any atom is 0.243 e. The highest BCUT2D eigenvalue weighted by Gasteiger charge is 2.34. The summed E-state index contributed by atoms with van der Waals surface area (Å²) in [6.45, 7) is 0.506. The van der Waals surface area contributed by atoms with Crippen molar-refractivity contribution in [2.75, 3.05) is 12.4 Å². The van der Waals surface area contributed by atoms with E-state index < -0.39 is 15.8 Å². The minimum absolute atomic E-state index is 0.00739. The number of alkyl halides is 1. The number of hydrogen-bond donors (Lipinski definition) is 0. The molecule has 2 rings (SSSR count). The molecule has 19 heavy (non-hydrogen) atoms. The van der Waals surface area contributed by atoms with Gasteiger partial charge in [0.15, 0.2) is 0 Å². The third-order valence-electron chi connectivity index (χ3n) is 3.40. The van der Waals surface area contributed by atoms with Crippen LogP contribution in [0.2, 0.25) is 0 Å². The summed E-state index contributed by atoms with van der Waals surface area (Å²) in [5.41, 5.74) is 0. The summed E-state index contributed by atoms with van der Waals surface area (Å²) in [4.78, 5) is 0.0327. The van der Waals surface area contributed by atoms with Crippen LogP contribution in [0.3, 0.4) is 0 Å². The molecule has 0 amide bonds. The summed E-state index contributed by atoms with van der Waals surface area (Å²) in [6.07, 6.45) is 3.26. The normalized spacial score (nSPS) is 20.8. The summed E-state index contributed by atoms with van der Waals surface area (Å²) in [5, 5.41) is 0. The maximum absolute atomic E-state index is 13.2. The second-order valence-electron chi connectivity index (χ2n) is 4.70. The van der Waals surface area contributed by atoms with Crippen molar-refractivity contribution < 1.29 is 12.8 Å². The molecule has 1 saturated heterocycles. The molecule has 1 aliphatic rings. The Hall–Kier alpha value is -0.650. The van der Waals surface area contributed by atoms with Gasteiger partial charge >= 0.3 is 0 Å². The van der Waals surface area contributed by atoms with Crippen molar-refractivity contribution in [3.8, 4) is 0 Å². The molecule has 0 N–H and O–H groups in total.